The van der Waals surface area contributed by atoms with Crippen molar-refractivity contribution in [3.63, 3.8) is 0 Å². The quantitative estimate of drug-likeness (QED) is 0.673. The van der Waals surface area contributed by atoms with Gasteiger partial charge in [-0.2, -0.15) is 5.10 Å². The Morgan fingerprint density at radius 1 is 1.43 bits per heavy atom. The zero-order valence-electron chi connectivity index (χ0n) is 11.4. The van der Waals surface area contributed by atoms with Gasteiger partial charge < -0.3 is 5.11 Å². The highest BCUT2D eigenvalue weighted by Crippen LogP contribution is 2.34. The maximum absolute atomic E-state index is 11.9. The van der Waals surface area contributed by atoms with Crippen LogP contribution in [0, 0.1) is 0 Å². The normalized spacial score (nSPS) is 11.5. The van der Waals surface area contributed by atoms with E-state index in [9.17, 15) is 13.5 Å². The first-order valence-electron chi connectivity index (χ1n) is 6.37. The molecule has 0 aliphatic heterocycles. The van der Waals surface area contributed by atoms with Crippen molar-refractivity contribution in [3.8, 4) is 5.75 Å². The minimum atomic E-state index is -3.37. The molecule has 0 atom stereocenters. The molecule has 0 bridgehead atoms. The van der Waals surface area contributed by atoms with Gasteiger partial charge in [0.05, 0.1) is 10.6 Å². The number of nitrogens with one attached hydrogen (secondary N) is 2. The van der Waals surface area contributed by atoms with E-state index in [-0.39, 0.29) is 11.5 Å². The van der Waals surface area contributed by atoms with E-state index in [2.05, 4.69) is 19.9 Å². The number of H-pyrrole nitrogens is 1. The van der Waals surface area contributed by atoms with Gasteiger partial charge in [-0.1, -0.05) is 13.3 Å². The third kappa shape index (κ3) is 4.64. The van der Waals surface area contributed by atoms with Crippen LogP contribution in [0.15, 0.2) is 34.6 Å². The first-order valence-corrected chi connectivity index (χ1v) is 8.84. The van der Waals surface area contributed by atoms with E-state index in [1.54, 1.807) is 6.07 Å². The first-order chi connectivity index (χ1) is 10.00. The predicted octanol–water partition coefficient (Wildman–Crippen LogP) is 2.20. The molecule has 2 rings (SSSR count). The summed E-state index contributed by atoms with van der Waals surface area (Å²) in [5, 5.41) is 16.7. The summed E-state index contributed by atoms with van der Waals surface area (Å²) >= 11 is 1.16. The summed E-state index contributed by atoms with van der Waals surface area (Å²) in [6.07, 6.45) is 2.77. The van der Waals surface area contributed by atoms with E-state index in [0.717, 1.165) is 18.2 Å². The van der Waals surface area contributed by atoms with Gasteiger partial charge in [0.15, 0.2) is 5.16 Å². The number of anilines is 1. The molecule has 7 nitrogen and oxygen atoms in total. The predicted molar refractivity (Wildman–Crippen MR) is 80.9 cm³/mol. The zero-order chi connectivity index (χ0) is 15.3. The van der Waals surface area contributed by atoms with Gasteiger partial charge in [-0.25, -0.2) is 13.4 Å². The molecular weight excluding hydrogens is 312 g/mol. The number of phenolic OH excluding ortho intramolecular Hbond substituents is 1. The Morgan fingerprint density at radius 2 is 2.24 bits per heavy atom. The van der Waals surface area contributed by atoms with Crippen LogP contribution in [0.2, 0.25) is 0 Å². The Morgan fingerprint density at radius 3 is 2.90 bits per heavy atom. The lowest BCUT2D eigenvalue weighted by molar-refractivity contribution is 0.462. The summed E-state index contributed by atoms with van der Waals surface area (Å²) in [6, 6.07) is 4.52. The smallest absolute Gasteiger partial charge is 0.232 e. The molecule has 0 aliphatic carbocycles. The number of nitrogens with zero attached hydrogens (tertiary/aromatic N) is 2. The van der Waals surface area contributed by atoms with Crippen LogP contribution in [0.1, 0.15) is 19.8 Å². The van der Waals surface area contributed by atoms with E-state index in [0.29, 0.717) is 22.2 Å². The van der Waals surface area contributed by atoms with Crippen LogP contribution in [-0.2, 0) is 10.0 Å². The molecule has 0 unspecified atom stereocenters. The topological polar surface area (TPSA) is 108 Å². The molecule has 0 fully saturated rings. The molecule has 9 heteroatoms. The summed E-state index contributed by atoms with van der Waals surface area (Å²) in [6.45, 7) is 1.93. The van der Waals surface area contributed by atoms with Gasteiger partial charge in [-0.05, 0) is 36.4 Å². The van der Waals surface area contributed by atoms with E-state index in [1.807, 2.05) is 6.92 Å². The van der Waals surface area contributed by atoms with E-state index in [4.69, 9.17) is 0 Å². The summed E-state index contributed by atoms with van der Waals surface area (Å²) < 4.78 is 26.2. The number of unbranched alkanes of at least 4 members (excludes halogenated alkanes) is 1. The number of hydrogen-bond donors (Lipinski definition) is 3. The number of sulfonamides is 1. The lowest BCUT2D eigenvalue weighted by Crippen LogP contribution is -2.16. The molecule has 0 spiro atoms. The molecule has 0 radical (unpaired) electrons. The Balaban J connectivity index is 2.15. The van der Waals surface area contributed by atoms with Crippen LogP contribution >= 0.6 is 11.8 Å². The maximum atomic E-state index is 11.9. The largest absolute Gasteiger partial charge is 0.507 e. The van der Waals surface area contributed by atoms with Crippen molar-refractivity contribution in [2.45, 2.75) is 29.8 Å². The molecule has 0 saturated heterocycles. The first kappa shape index (κ1) is 15.6. The van der Waals surface area contributed by atoms with Crippen LogP contribution in [0.3, 0.4) is 0 Å². The number of phenols is 1. The average Bonchev–Trinajstić information content (AvgIpc) is 2.93. The standard InChI is InChI=1S/C12H16N4O3S2/c1-2-3-6-21(18,19)16-9-4-5-10(17)11(7-9)20-12-13-8-14-15-12/h4-5,7-8,16-17H,2-3,6H2,1H3,(H,13,14,15). The summed E-state index contributed by atoms with van der Waals surface area (Å²) in [4.78, 5) is 4.43. The zero-order valence-corrected chi connectivity index (χ0v) is 13.0. The van der Waals surface area contributed by atoms with Crippen molar-refractivity contribution in [3.05, 3.63) is 24.5 Å². The average molecular weight is 328 g/mol. The molecule has 114 valence electrons. The van der Waals surface area contributed by atoms with Crippen molar-refractivity contribution >= 4 is 27.5 Å². The molecule has 0 saturated carbocycles. The number of aromatic hydroxyl groups is 1. The van der Waals surface area contributed by atoms with E-state index in [1.165, 1.54) is 18.5 Å². The minimum absolute atomic E-state index is 0.0490. The third-order valence-corrected chi connectivity index (χ3v) is 4.91. The third-order valence-electron chi connectivity index (χ3n) is 2.60. The Labute approximate surface area is 127 Å². The molecule has 2 aromatic rings. The van der Waals surface area contributed by atoms with E-state index >= 15 is 0 Å². The van der Waals surface area contributed by atoms with Crippen molar-refractivity contribution in [2.24, 2.45) is 0 Å². The molecule has 0 amide bonds. The van der Waals surface area contributed by atoms with Gasteiger partial charge in [0.2, 0.25) is 10.0 Å². The van der Waals surface area contributed by atoms with E-state index < -0.39 is 10.0 Å². The fourth-order valence-corrected chi connectivity index (χ4v) is 3.59. The van der Waals surface area contributed by atoms with Crippen molar-refractivity contribution in [2.75, 3.05) is 10.5 Å². The highest BCUT2D eigenvalue weighted by Gasteiger charge is 2.12. The minimum Gasteiger partial charge on any atom is -0.507 e. The van der Waals surface area contributed by atoms with Gasteiger partial charge >= 0.3 is 0 Å². The molecule has 0 aliphatic rings. The highest BCUT2D eigenvalue weighted by atomic mass is 32.2. The molecule has 1 aromatic heterocycles. The molecule has 3 N–H and O–H groups in total. The SMILES string of the molecule is CCCCS(=O)(=O)Nc1ccc(O)c(Sc2ncn[nH]2)c1. The second-order valence-electron chi connectivity index (χ2n) is 4.35. The van der Waals surface area contributed by atoms with Crippen molar-refractivity contribution in [1.29, 1.82) is 0 Å². The highest BCUT2D eigenvalue weighted by molar-refractivity contribution is 7.99. The summed E-state index contributed by atoms with van der Waals surface area (Å²) in [7, 11) is -3.37. The summed E-state index contributed by atoms with van der Waals surface area (Å²) in [5.74, 6) is 0.127. The second kappa shape index (κ2) is 6.81. The summed E-state index contributed by atoms with van der Waals surface area (Å²) in [5.41, 5.74) is 0.408. The molecule has 21 heavy (non-hydrogen) atoms. The van der Waals surface area contributed by atoms with Crippen LogP contribution in [0.25, 0.3) is 0 Å². The van der Waals surface area contributed by atoms with Gasteiger partial charge in [0.1, 0.15) is 12.1 Å². The maximum Gasteiger partial charge on any atom is 0.232 e. The Bertz CT molecular complexity index is 687. The second-order valence-corrected chi connectivity index (χ2v) is 7.22. The van der Waals surface area contributed by atoms with Crippen LogP contribution in [-0.4, -0.2) is 34.5 Å². The van der Waals surface area contributed by atoms with Crippen LogP contribution in [0.5, 0.6) is 5.75 Å². The number of aromatic nitrogens is 3. The molecule has 1 heterocycles. The van der Waals surface area contributed by atoms with Crippen LogP contribution in [0.4, 0.5) is 5.69 Å². The van der Waals surface area contributed by atoms with Crippen molar-refractivity contribution < 1.29 is 13.5 Å². The number of benzene rings is 1. The lowest BCUT2D eigenvalue weighted by Gasteiger charge is -2.09. The lowest BCUT2D eigenvalue weighted by atomic mass is 10.3. The fourth-order valence-electron chi connectivity index (χ4n) is 1.57. The number of rotatable bonds is 7. The fraction of sp³-hybridized carbons (Fsp3) is 0.333. The Kier molecular flexibility index (Phi) is 5.07. The van der Waals surface area contributed by atoms with Crippen LogP contribution < -0.4 is 4.72 Å². The monoisotopic (exact) mass is 328 g/mol. The number of aromatic amines is 1. The number of hydrogen-bond acceptors (Lipinski definition) is 6. The van der Waals surface area contributed by atoms with Gasteiger partial charge in [0.25, 0.3) is 0 Å². The Hall–Kier alpha value is -1.74. The van der Waals surface area contributed by atoms with Gasteiger partial charge in [0, 0.05) is 5.69 Å². The van der Waals surface area contributed by atoms with Gasteiger partial charge in [-0.15, -0.1) is 0 Å². The van der Waals surface area contributed by atoms with Gasteiger partial charge in [-0.3, -0.25) is 9.82 Å². The molecular formula is C12H16N4O3S2. The molecule has 1 aromatic carbocycles. The van der Waals surface area contributed by atoms with Crippen molar-refractivity contribution in [1.82, 2.24) is 15.2 Å².